The molecule has 1 aliphatic heterocycles. The highest BCUT2D eigenvalue weighted by atomic mass is 32.2. The Kier molecular flexibility index (Phi) is 5.04. The number of ether oxygens (including phenoxy) is 2. The van der Waals surface area contributed by atoms with Gasteiger partial charge in [-0.15, -0.1) is 0 Å². The van der Waals surface area contributed by atoms with Crippen molar-refractivity contribution >= 4 is 34.3 Å². The van der Waals surface area contributed by atoms with Crippen molar-refractivity contribution in [2.75, 3.05) is 17.9 Å². The Morgan fingerprint density at radius 2 is 1.96 bits per heavy atom. The Labute approximate surface area is 166 Å². The number of carbonyl (C=O) groups excluding carboxylic acids is 1. The minimum absolute atomic E-state index is 0.147. The summed E-state index contributed by atoms with van der Waals surface area (Å²) in [6.45, 7) is 2.26. The monoisotopic (exact) mass is 391 g/mol. The van der Waals surface area contributed by atoms with Crippen molar-refractivity contribution < 1.29 is 14.3 Å². The van der Waals surface area contributed by atoms with E-state index in [-0.39, 0.29) is 18.5 Å². The number of nitrogens with zero attached hydrogens (tertiary/aromatic N) is 2. The number of fused-ring (bicyclic) bond motifs is 2. The molecular weight excluding hydrogens is 374 g/mol. The van der Waals surface area contributed by atoms with Crippen LogP contribution < -0.4 is 14.8 Å². The van der Waals surface area contributed by atoms with Gasteiger partial charge in [-0.1, -0.05) is 30.8 Å². The van der Waals surface area contributed by atoms with Crippen molar-refractivity contribution in [3.63, 3.8) is 0 Å². The number of benzene rings is 2. The zero-order valence-corrected chi connectivity index (χ0v) is 16.0. The summed E-state index contributed by atoms with van der Waals surface area (Å²) in [6, 6.07) is 15.3. The number of aryl methyl sites for hydroxylation is 1. The number of hydrogen-bond acceptors (Lipinski definition) is 6. The van der Waals surface area contributed by atoms with Crippen LogP contribution in [-0.2, 0) is 11.2 Å². The predicted molar refractivity (Wildman–Crippen MR) is 108 cm³/mol. The number of aromatic nitrogens is 1. The molecule has 4 rings (SSSR count). The molecule has 0 unspecified atom stereocenters. The fourth-order valence-electron chi connectivity index (χ4n) is 2.89. The highest BCUT2D eigenvalue weighted by Gasteiger charge is 2.17. The maximum atomic E-state index is 12.3. The summed E-state index contributed by atoms with van der Waals surface area (Å²) in [5.74, 6) is 1.29. The van der Waals surface area contributed by atoms with Gasteiger partial charge in [-0.2, -0.15) is 5.26 Å². The summed E-state index contributed by atoms with van der Waals surface area (Å²) in [5, 5.41) is 13.6. The summed E-state index contributed by atoms with van der Waals surface area (Å²) in [6.07, 6.45) is 0.953. The van der Waals surface area contributed by atoms with Crippen molar-refractivity contribution in [2.24, 2.45) is 0 Å². The Morgan fingerprint density at radius 1 is 1.21 bits per heavy atom. The van der Waals surface area contributed by atoms with E-state index in [1.54, 1.807) is 12.1 Å². The Hall–Kier alpha value is -3.24. The van der Waals surface area contributed by atoms with Crippen molar-refractivity contribution in [3.05, 3.63) is 53.6 Å². The predicted octanol–water partition coefficient (Wildman–Crippen LogP) is 4.13. The van der Waals surface area contributed by atoms with E-state index in [1.165, 1.54) is 17.3 Å². The molecule has 1 amide bonds. The lowest BCUT2D eigenvalue weighted by atomic mass is 10.1. The fraction of sp³-hybridized carbons (Fsp3) is 0.190. The molecule has 0 spiro atoms. The molecule has 0 saturated carbocycles. The standard InChI is InChI=1S/C21H17N3O3S/c1-2-13-3-5-16(6-4-13)23-20(25)11-28-21-15(10-22)7-14-8-18-19(27-12-26-18)9-17(14)24-21/h3-9H,2,11-12H2,1H3,(H,23,25). The number of rotatable bonds is 5. The highest BCUT2D eigenvalue weighted by molar-refractivity contribution is 8.00. The molecule has 1 aliphatic rings. The van der Waals surface area contributed by atoms with Crippen LogP contribution in [0.2, 0.25) is 0 Å². The first-order chi connectivity index (χ1) is 13.7. The molecule has 0 radical (unpaired) electrons. The quantitative estimate of drug-likeness (QED) is 0.659. The van der Waals surface area contributed by atoms with E-state index in [0.717, 1.165) is 17.5 Å². The molecule has 2 aromatic carbocycles. The van der Waals surface area contributed by atoms with E-state index in [1.807, 2.05) is 30.3 Å². The summed E-state index contributed by atoms with van der Waals surface area (Å²) in [5.41, 5.74) is 3.09. The second kappa shape index (κ2) is 7.79. The van der Waals surface area contributed by atoms with Gasteiger partial charge in [0.05, 0.1) is 16.8 Å². The highest BCUT2D eigenvalue weighted by Crippen LogP contribution is 2.36. The molecule has 2 heterocycles. The van der Waals surface area contributed by atoms with E-state index < -0.39 is 0 Å². The van der Waals surface area contributed by atoms with Crippen molar-refractivity contribution in [1.82, 2.24) is 4.98 Å². The lowest BCUT2D eigenvalue weighted by molar-refractivity contribution is -0.113. The van der Waals surface area contributed by atoms with E-state index in [4.69, 9.17) is 9.47 Å². The molecule has 0 bridgehead atoms. The Bertz CT molecular complexity index is 1090. The van der Waals surface area contributed by atoms with Crippen LogP contribution >= 0.6 is 11.8 Å². The molecule has 1 N–H and O–H groups in total. The number of hydrogen-bond donors (Lipinski definition) is 1. The van der Waals surface area contributed by atoms with Crippen molar-refractivity contribution in [2.45, 2.75) is 18.4 Å². The molecule has 7 heteroatoms. The maximum absolute atomic E-state index is 12.3. The van der Waals surface area contributed by atoms with Gasteiger partial charge in [0.25, 0.3) is 0 Å². The Morgan fingerprint density at radius 3 is 2.68 bits per heavy atom. The van der Waals surface area contributed by atoms with Crippen LogP contribution in [0.3, 0.4) is 0 Å². The van der Waals surface area contributed by atoms with Gasteiger partial charge in [-0.05, 0) is 36.2 Å². The molecule has 0 aliphatic carbocycles. The van der Waals surface area contributed by atoms with E-state index >= 15 is 0 Å². The van der Waals surface area contributed by atoms with Crippen LogP contribution in [0.4, 0.5) is 5.69 Å². The number of pyridine rings is 1. The lowest BCUT2D eigenvalue weighted by Crippen LogP contribution is -2.14. The lowest BCUT2D eigenvalue weighted by Gasteiger charge is -2.08. The zero-order chi connectivity index (χ0) is 19.5. The fourth-order valence-corrected chi connectivity index (χ4v) is 3.65. The molecule has 6 nitrogen and oxygen atoms in total. The summed E-state index contributed by atoms with van der Waals surface area (Å²) in [7, 11) is 0. The van der Waals surface area contributed by atoms with Crippen LogP contribution in [0.25, 0.3) is 10.9 Å². The van der Waals surface area contributed by atoms with E-state index in [0.29, 0.717) is 27.6 Å². The van der Waals surface area contributed by atoms with Crippen LogP contribution in [0.5, 0.6) is 11.5 Å². The molecule has 0 fully saturated rings. The zero-order valence-electron chi connectivity index (χ0n) is 15.2. The van der Waals surface area contributed by atoms with Crippen LogP contribution in [-0.4, -0.2) is 23.4 Å². The SMILES string of the molecule is CCc1ccc(NC(=O)CSc2nc3cc4c(cc3cc2C#N)OCO4)cc1. The van der Waals surface area contributed by atoms with Gasteiger partial charge in [-0.25, -0.2) is 4.98 Å². The van der Waals surface area contributed by atoms with Crippen LogP contribution in [0, 0.1) is 11.3 Å². The molecule has 140 valence electrons. The first-order valence-electron chi connectivity index (χ1n) is 8.82. The summed E-state index contributed by atoms with van der Waals surface area (Å²) < 4.78 is 10.8. The second-order valence-corrected chi connectivity index (χ2v) is 7.20. The number of amides is 1. The van der Waals surface area contributed by atoms with Gasteiger partial charge in [0.1, 0.15) is 11.1 Å². The number of nitrogens with one attached hydrogen (secondary N) is 1. The van der Waals surface area contributed by atoms with Crippen molar-refractivity contribution in [1.29, 1.82) is 5.26 Å². The molecule has 28 heavy (non-hydrogen) atoms. The number of carbonyl (C=O) groups is 1. The average molecular weight is 391 g/mol. The van der Waals surface area contributed by atoms with E-state index in [2.05, 4.69) is 23.3 Å². The average Bonchev–Trinajstić information content (AvgIpc) is 3.17. The molecule has 0 atom stereocenters. The normalized spacial score (nSPS) is 12.0. The first kappa shape index (κ1) is 18.1. The van der Waals surface area contributed by atoms with Crippen molar-refractivity contribution in [3.8, 4) is 17.6 Å². The number of thioether (sulfide) groups is 1. The van der Waals surface area contributed by atoms with Gasteiger partial charge in [0, 0.05) is 17.1 Å². The number of nitriles is 1. The van der Waals surface area contributed by atoms with Gasteiger partial charge in [-0.3, -0.25) is 4.79 Å². The first-order valence-corrected chi connectivity index (χ1v) is 9.81. The van der Waals surface area contributed by atoms with Gasteiger partial charge >= 0.3 is 0 Å². The molecule has 0 saturated heterocycles. The minimum Gasteiger partial charge on any atom is -0.454 e. The van der Waals surface area contributed by atoms with Gasteiger partial charge < -0.3 is 14.8 Å². The summed E-state index contributed by atoms with van der Waals surface area (Å²) in [4.78, 5) is 16.8. The largest absolute Gasteiger partial charge is 0.454 e. The third-order valence-electron chi connectivity index (χ3n) is 4.38. The minimum atomic E-state index is -0.147. The second-order valence-electron chi connectivity index (χ2n) is 6.24. The topological polar surface area (TPSA) is 84.2 Å². The third-order valence-corrected chi connectivity index (χ3v) is 5.37. The summed E-state index contributed by atoms with van der Waals surface area (Å²) >= 11 is 1.24. The maximum Gasteiger partial charge on any atom is 0.234 e. The van der Waals surface area contributed by atoms with Gasteiger partial charge in [0.2, 0.25) is 12.7 Å². The van der Waals surface area contributed by atoms with Crippen LogP contribution in [0.1, 0.15) is 18.1 Å². The number of anilines is 1. The van der Waals surface area contributed by atoms with E-state index in [9.17, 15) is 10.1 Å². The smallest absolute Gasteiger partial charge is 0.234 e. The van der Waals surface area contributed by atoms with Crippen LogP contribution in [0.15, 0.2) is 47.5 Å². The molecule has 3 aromatic rings. The Balaban J connectivity index is 1.49. The molecular formula is C21H17N3O3S. The molecule has 1 aromatic heterocycles. The third kappa shape index (κ3) is 3.73. The van der Waals surface area contributed by atoms with Gasteiger partial charge in [0.15, 0.2) is 11.5 Å².